The van der Waals surface area contributed by atoms with Crippen LogP contribution in [0.3, 0.4) is 0 Å². The van der Waals surface area contributed by atoms with Crippen LogP contribution in [-0.4, -0.2) is 49.1 Å². The molecule has 0 bridgehead atoms. The Kier molecular flexibility index (Phi) is 6.03. The summed E-state index contributed by atoms with van der Waals surface area (Å²) in [5, 5.41) is 24.6. The number of carbonyl (C=O) groups is 2. The largest absolute Gasteiger partial charge is 0.494 e. The molecule has 3 aromatic rings. The van der Waals surface area contributed by atoms with Crippen LogP contribution >= 0.6 is 0 Å². The number of carboxylic acids is 1. The van der Waals surface area contributed by atoms with Crippen molar-refractivity contribution in [2.45, 2.75) is 18.3 Å². The van der Waals surface area contributed by atoms with E-state index in [2.05, 4.69) is 25.6 Å². The van der Waals surface area contributed by atoms with Gasteiger partial charge in [0.15, 0.2) is 17.3 Å². The van der Waals surface area contributed by atoms with Gasteiger partial charge in [0.2, 0.25) is 5.91 Å². The van der Waals surface area contributed by atoms with E-state index >= 15 is 0 Å². The Morgan fingerprint density at radius 1 is 1.26 bits per heavy atom. The zero-order valence-electron chi connectivity index (χ0n) is 17.0. The number of primary amides is 1. The molecule has 2 aromatic heterocycles. The van der Waals surface area contributed by atoms with Gasteiger partial charge in [-0.25, -0.2) is 9.78 Å². The summed E-state index contributed by atoms with van der Waals surface area (Å²) in [5.74, 6) is -0.890. The van der Waals surface area contributed by atoms with Gasteiger partial charge in [0.05, 0.1) is 35.2 Å². The van der Waals surface area contributed by atoms with E-state index in [0.29, 0.717) is 41.4 Å². The van der Waals surface area contributed by atoms with E-state index < -0.39 is 17.3 Å². The van der Waals surface area contributed by atoms with E-state index in [1.165, 1.54) is 13.2 Å². The Bertz CT molecular complexity index is 1160. The molecule has 1 fully saturated rings. The van der Waals surface area contributed by atoms with E-state index in [4.69, 9.17) is 10.5 Å². The van der Waals surface area contributed by atoms with Crippen molar-refractivity contribution in [1.82, 2.24) is 25.0 Å². The molecule has 2 heterocycles. The monoisotopic (exact) mass is 473 g/mol. The topological polar surface area (TPSA) is 158 Å². The number of methoxy groups -OCH3 is 1. The number of nitrogens with two attached hydrogens (primary N) is 1. The summed E-state index contributed by atoms with van der Waals surface area (Å²) in [6, 6.07) is 6.77. The van der Waals surface area contributed by atoms with Crippen LogP contribution in [0.1, 0.15) is 29.0 Å². The Labute approximate surface area is 189 Å². The summed E-state index contributed by atoms with van der Waals surface area (Å²) >= 11 is 0. The van der Waals surface area contributed by atoms with Gasteiger partial charge in [-0.15, -0.1) is 5.10 Å². The first kappa shape index (κ1) is 22.3. The number of carboxylic acid groups (broad SMARTS) is 1. The normalized spacial score (nSPS) is 13.7. The minimum atomic E-state index is -1.26. The van der Waals surface area contributed by atoms with Crippen LogP contribution in [0.15, 0.2) is 30.6 Å². The van der Waals surface area contributed by atoms with Gasteiger partial charge < -0.3 is 20.9 Å². The van der Waals surface area contributed by atoms with Crippen LogP contribution in [0.4, 0.5) is 11.4 Å². The molecule has 31 heavy (non-hydrogen) atoms. The smallest absolute Gasteiger partial charge is 0.358 e. The molecular weight excluding hydrogens is 456 g/mol. The summed E-state index contributed by atoms with van der Waals surface area (Å²) in [4.78, 5) is 27.8. The standard InChI is InChI=1S/C19H19N7O4.Zn/c1-26-9-21-16(25-26)10-4-3-5-11(15(10)30-2)22-12-8-13(19(6-7-19)18(20)29)23-24-14(12)17(27)28;/h3-5,8-9H,6-7H2,1-2H3,(H2,20,29)(H,22,23)(H,27,28);. The molecule has 156 valence electrons. The molecule has 12 heteroatoms. The number of anilines is 2. The first-order chi connectivity index (χ1) is 14.4. The van der Waals surface area contributed by atoms with Crippen LogP contribution in [0.5, 0.6) is 5.75 Å². The quantitative estimate of drug-likeness (QED) is 0.428. The summed E-state index contributed by atoms with van der Waals surface area (Å²) in [6.07, 6.45) is 2.66. The van der Waals surface area contributed by atoms with Crippen molar-refractivity contribution in [2.75, 3.05) is 12.4 Å². The summed E-state index contributed by atoms with van der Waals surface area (Å²) in [7, 11) is 3.24. The predicted octanol–water partition coefficient (Wildman–Crippen LogP) is 1.24. The van der Waals surface area contributed by atoms with Gasteiger partial charge in [0.25, 0.3) is 0 Å². The maximum Gasteiger partial charge on any atom is 0.358 e. The average molecular weight is 475 g/mol. The number of aromatic nitrogens is 5. The summed E-state index contributed by atoms with van der Waals surface area (Å²) in [6.45, 7) is 0. The van der Waals surface area contributed by atoms with Crippen LogP contribution < -0.4 is 15.8 Å². The van der Waals surface area contributed by atoms with Crippen molar-refractivity contribution in [3.63, 3.8) is 0 Å². The molecule has 4 N–H and O–H groups in total. The number of rotatable bonds is 7. The molecular formula is C19H19N7O4Zn. The van der Waals surface area contributed by atoms with Crippen molar-refractivity contribution in [3.8, 4) is 17.1 Å². The zero-order valence-corrected chi connectivity index (χ0v) is 20.0. The summed E-state index contributed by atoms with van der Waals surface area (Å²) in [5.41, 5.74) is 5.94. The Balaban J connectivity index is 0.00000272. The Morgan fingerprint density at radius 2 is 2.00 bits per heavy atom. The number of aromatic carboxylic acids is 1. The van der Waals surface area contributed by atoms with Crippen molar-refractivity contribution in [2.24, 2.45) is 12.8 Å². The number of ether oxygens (including phenoxy) is 1. The van der Waals surface area contributed by atoms with Crippen molar-refractivity contribution < 1.29 is 38.9 Å². The third kappa shape index (κ3) is 3.98. The number of hydrogen-bond acceptors (Lipinski definition) is 8. The molecule has 0 unspecified atom stereocenters. The second kappa shape index (κ2) is 8.39. The van der Waals surface area contributed by atoms with Gasteiger partial charge >= 0.3 is 5.97 Å². The molecule has 1 saturated carbocycles. The van der Waals surface area contributed by atoms with Crippen LogP contribution in [-0.2, 0) is 36.7 Å². The SMILES string of the molecule is COc1c(Nc2cc(C3(C(N)=O)CC3)nnc2C(=O)O)cccc1-c1ncn(C)n1.[Zn]. The van der Waals surface area contributed by atoms with Gasteiger partial charge in [-0.05, 0) is 31.0 Å². The van der Waals surface area contributed by atoms with Crippen molar-refractivity contribution in [3.05, 3.63) is 42.0 Å². The van der Waals surface area contributed by atoms with Gasteiger partial charge in [-0.3, -0.25) is 9.48 Å². The van der Waals surface area contributed by atoms with E-state index in [0.717, 1.165) is 0 Å². The molecule has 1 amide bonds. The van der Waals surface area contributed by atoms with Crippen molar-refractivity contribution >= 4 is 23.3 Å². The third-order valence-electron chi connectivity index (χ3n) is 5.04. The van der Waals surface area contributed by atoms with E-state index in [9.17, 15) is 14.7 Å². The fraction of sp³-hybridized carbons (Fsp3) is 0.263. The van der Waals surface area contributed by atoms with E-state index in [-0.39, 0.29) is 30.9 Å². The second-order valence-electron chi connectivity index (χ2n) is 7.00. The van der Waals surface area contributed by atoms with Gasteiger partial charge in [-0.2, -0.15) is 10.2 Å². The fourth-order valence-electron chi connectivity index (χ4n) is 3.27. The average Bonchev–Trinajstić information content (AvgIpc) is 3.43. The molecule has 1 aromatic carbocycles. The van der Waals surface area contributed by atoms with Gasteiger partial charge in [0, 0.05) is 26.5 Å². The molecule has 4 rings (SSSR count). The fourth-order valence-corrected chi connectivity index (χ4v) is 3.27. The maximum atomic E-state index is 11.9. The number of benzene rings is 1. The number of hydrogen-bond donors (Lipinski definition) is 3. The number of nitrogens with zero attached hydrogens (tertiary/aromatic N) is 5. The van der Waals surface area contributed by atoms with Crippen LogP contribution in [0.25, 0.3) is 11.4 Å². The molecule has 1 aliphatic rings. The molecule has 0 saturated heterocycles. The molecule has 0 atom stereocenters. The number of aryl methyl sites for hydroxylation is 1. The number of para-hydroxylation sites is 1. The number of carbonyl (C=O) groups excluding carboxylic acids is 1. The third-order valence-corrected chi connectivity index (χ3v) is 5.04. The predicted molar refractivity (Wildman–Crippen MR) is 105 cm³/mol. The molecule has 0 radical (unpaired) electrons. The second-order valence-corrected chi connectivity index (χ2v) is 7.00. The van der Waals surface area contributed by atoms with E-state index in [1.807, 2.05) is 0 Å². The first-order valence-electron chi connectivity index (χ1n) is 9.07. The van der Waals surface area contributed by atoms with Crippen molar-refractivity contribution in [1.29, 1.82) is 0 Å². The molecule has 11 nitrogen and oxygen atoms in total. The molecule has 1 aliphatic carbocycles. The number of amides is 1. The molecule has 0 aliphatic heterocycles. The zero-order chi connectivity index (χ0) is 21.5. The van der Waals surface area contributed by atoms with Crippen LogP contribution in [0, 0.1) is 0 Å². The minimum Gasteiger partial charge on any atom is -0.494 e. The Hall–Kier alpha value is -3.40. The minimum absolute atomic E-state index is 0. The summed E-state index contributed by atoms with van der Waals surface area (Å²) < 4.78 is 7.12. The maximum absolute atomic E-state index is 11.9. The number of nitrogens with one attached hydrogen (secondary N) is 1. The molecule has 0 spiro atoms. The first-order valence-corrected chi connectivity index (χ1v) is 9.07. The van der Waals surface area contributed by atoms with E-state index in [1.54, 1.807) is 36.3 Å². The van der Waals surface area contributed by atoms with Crippen LogP contribution in [0.2, 0.25) is 0 Å². The van der Waals surface area contributed by atoms with Gasteiger partial charge in [-0.1, -0.05) is 6.07 Å². The Morgan fingerprint density at radius 3 is 2.55 bits per heavy atom. The van der Waals surface area contributed by atoms with Gasteiger partial charge in [0.1, 0.15) is 6.33 Å².